The summed E-state index contributed by atoms with van der Waals surface area (Å²) >= 11 is 3.05. The predicted octanol–water partition coefficient (Wildman–Crippen LogP) is 3.69. The number of methoxy groups -OCH3 is 1. The number of carbonyl (C=O) groups excluding carboxylic acids is 1. The van der Waals surface area contributed by atoms with Gasteiger partial charge in [0.1, 0.15) is 6.61 Å². The smallest absolute Gasteiger partial charge is 0.339 e. The van der Waals surface area contributed by atoms with Crippen molar-refractivity contribution in [2.75, 3.05) is 20.3 Å². The lowest BCUT2D eigenvalue weighted by Gasteiger charge is -2.26. The van der Waals surface area contributed by atoms with E-state index in [-0.39, 0.29) is 34.8 Å². The lowest BCUT2D eigenvalue weighted by Crippen LogP contribution is -2.29. The summed E-state index contributed by atoms with van der Waals surface area (Å²) in [7, 11) is 1.24. The highest BCUT2D eigenvalue weighted by Gasteiger charge is 2.20. The van der Waals surface area contributed by atoms with Crippen LogP contribution in [0.3, 0.4) is 0 Å². The van der Waals surface area contributed by atoms with Crippen molar-refractivity contribution in [3.05, 3.63) is 28.0 Å². The van der Waals surface area contributed by atoms with Crippen LogP contribution in [-0.2, 0) is 14.2 Å². The van der Waals surface area contributed by atoms with E-state index in [0.717, 1.165) is 19.3 Å². The fourth-order valence-corrected chi connectivity index (χ4v) is 2.72. The van der Waals surface area contributed by atoms with E-state index in [2.05, 4.69) is 20.7 Å². The molecule has 2 rings (SSSR count). The first-order chi connectivity index (χ1) is 11.0. The second-order valence-corrected chi connectivity index (χ2v) is 6.08. The normalized spacial score (nSPS) is 19.2. The Bertz CT molecular complexity index is 546. The summed E-state index contributed by atoms with van der Waals surface area (Å²) in [5.74, 6) is -1.22. The number of ether oxygens (including phenoxy) is 4. The van der Waals surface area contributed by atoms with Crippen LogP contribution in [0, 0.1) is 5.82 Å². The first kappa shape index (κ1) is 18.2. The third-order valence-corrected chi connectivity index (χ3v) is 4.22. The van der Waals surface area contributed by atoms with Gasteiger partial charge in [0, 0.05) is 6.61 Å². The Labute approximate surface area is 143 Å². The molecule has 1 heterocycles. The molecule has 1 aliphatic rings. The maximum Gasteiger partial charge on any atom is 0.339 e. The van der Waals surface area contributed by atoms with E-state index in [1.807, 2.05) is 6.92 Å². The lowest BCUT2D eigenvalue weighted by atomic mass is 10.2. The molecule has 0 aromatic heterocycles. The van der Waals surface area contributed by atoms with Gasteiger partial charge in [0.15, 0.2) is 17.9 Å². The van der Waals surface area contributed by atoms with Crippen molar-refractivity contribution in [2.24, 2.45) is 0 Å². The van der Waals surface area contributed by atoms with Crippen molar-refractivity contribution >= 4 is 21.9 Å². The Hall–Kier alpha value is -1.18. The van der Waals surface area contributed by atoms with Crippen molar-refractivity contribution in [1.82, 2.24) is 0 Å². The van der Waals surface area contributed by atoms with Gasteiger partial charge in [0.25, 0.3) is 0 Å². The summed E-state index contributed by atoms with van der Waals surface area (Å²) in [6.45, 7) is 2.73. The minimum Gasteiger partial charge on any atom is -0.488 e. The van der Waals surface area contributed by atoms with Crippen LogP contribution in [0.4, 0.5) is 4.39 Å². The zero-order valence-electron chi connectivity index (χ0n) is 13.1. The molecule has 1 aromatic carbocycles. The third-order valence-electron chi connectivity index (χ3n) is 3.45. The van der Waals surface area contributed by atoms with E-state index in [1.54, 1.807) is 0 Å². The van der Waals surface area contributed by atoms with E-state index in [4.69, 9.17) is 14.2 Å². The molecule has 2 unspecified atom stereocenters. The minimum atomic E-state index is -0.644. The quantitative estimate of drug-likeness (QED) is 0.693. The molecular formula is C16H20BrFO5. The highest BCUT2D eigenvalue weighted by atomic mass is 79.9. The van der Waals surface area contributed by atoms with Crippen molar-refractivity contribution in [1.29, 1.82) is 0 Å². The average molecular weight is 391 g/mol. The van der Waals surface area contributed by atoms with Crippen molar-refractivity contribution in [2.45, 2.75) is 38.6 Å². The van der Waals surface area contributed by atoms with Crippen molar-refractivity contribution in [3.63, 3.8) is 0 Å². The summed E-state index contributed by atoms with van der Waals surface area (Å²) < 4.78 is 35.5. The second kappa shape index (κ2) is 8.61. The van der Waals surface area contributed by atoms with E-state index in [1.165, 1.54) is 19.2 Å². The van der Waals surface area contributed by atoms with Gasteiger partial charge in [0.05, 0.1) is 23.2 Å². The Balaban J connectivity index is 1.92. The first-order valence-corrected chi connectivity index (χ1v) is 8.28. The van der Waals surface area contributed by atoms with Crippen LogP contribution in [0.15, 0.2) is 16.6 Å². The van der Waals surface area contributed by atoms with E-state index >= 15 is 0 Å². The number of esters is 1. The average Bonchev–Trinajstić information content (AvgIpc) is 2.56. The number of rotatable bonds is 6. The molecule has 1 saturated heterocycles. The molecule has 7 heteroatoms. The van der Waals surface area contributed by atoms with Gasteiger partial charge in [-0.15, -0.1) is 0 Å². The molecule has 0 spiro atoms. The van der Waals surface area contributed by atoms with Gasteiger partial charge < -0.3 is 18.9 Å². The molecule has 1 fully saturated rings. The molecule has 0 bridgehead atoms. The minimum absolute atomic E-state index is 0.0195. The number of carbonyl (C=O) groups is 1. The van der Waals surface area contributed by atoms with Crippen molar-refractivity contribution in [3.8, 4) is 5.75 Å². The van der Waals surface area contributed by atoms with Crippen LogP contribution < -0.4 is 4.74 Å². The van der Waals surface area contributed by atoms with Gasteiger partial charge in [-0.3, -0.25) is 0 Å². The molecule has 0 saturated carbocycles. The molecule has 2 atom stereocenters. The highest BCUT2D eigenvalue weighted by molar-refractivity contribution is 9.10. The van der Waals surface area contributed by atoms with Crippen LogP contribution in [0.5, 0.6) is 5.75 Å². The molecule has 5 nitrogen and oxygen atoms in total. The molecule has 0 N–H and O–H groups in total. The Kier molecular flexibility index (Phi) is 6.80. The summed E-state index contributed by atoms with van der Waals surface area (Å²) in [5.41, 5.74) is 0.109. The van der Waals surface area contributed by atoms with Crippen LogP contribution >= 0.6 is 15.9 Å². The Morgan fingerprint density at radius 3 is 2.91 bits per heavy atom. The molecular weight excluding hydrogens is 371 g/mol. The summed E-state index contributed by atoms with van der Waals surface area (Å²) in [6, 6.07) is 2.85. The number of hydrogen-bond donors (Lipinski definition) is 0. The zero-order chi connectivity index (χ0) is 16.8. The van der Waals surface area contributed by atoms with Gasteiger partial charge in [-0.2, -0.15) is 0 Å². The SMILES string of the molecule is COC(=O)c1ccc(OCC(C)OC2CCCCO2)c(F)c1Br. The number of benzene rings is 1. The molecule has 128 valence electrons. The molecule has 1 aromatic rings. The van der Waals surface area contributed by atoms with Gasteiger partial charge in [0.2, 0.25) is 0 Å². The van der Waals surface area contributed by atoms with Crippen molar-refractivity contribution < 1.29 is 28.1 Å². The predicted molar refractivity (Wildman–Crippen MR) is 85.1 cm³/mol. The zero-order valence-corrected chi connectivity index (χ0v) is 14.7. The largest absolute Gasteiger partial charge is 0.488 e. The fraction of sp³-hybridized carbons (Fsp3) is 0.562. The van der Waals surface area contributed by atoms with Gasteiger partial charge >= 0.3 is 5.97 Å². The number of hydrogen-bond acceptors (Lipinski definition) is 5. The second-order valence-electron chi connectivity index (χ2n) is 5.28. The summed E-state index contributed by atoms with van der Waals surface area (Å²) in [6.07, 6.45) is 2.53. The van der Waals surface area contributed by atoms with Crippen LogP contribution in [0.2, 0.25) is 0 Å². The Morgan fingerprint density at radius 2 is 2.26 bits per heavy atom. The van der Waals surface area contributed by atoms with E-state index in [0.29, 0.717) is 6.61 Å². The molecule has 0 amide bonds. The van der Waals surface area contributed by atoms with E-state index in [9.17, 15) is 9.18 Å². The van der Waals surface area contributed by atoms with E-state index < -0.39 is 11.8 Å². The van der Waals surface area contributed by atoms with Crippen LogP contribution in [0.25, 0.3) is 0 Å². The Morgan fingerprint density at radius 1 is 1.48 bits per heavy atom. The van der Waals surface area contributed by atoms with Gasteiger partial charge in [-0.25, -0.2) is 9.18 Å². The maximum absolute atomic E-state index is 14.2. The molecule has 23 heavy (non-hydrogen) atoms. The molecule has 0 radical (unpaired) electrons. The first-order valence-electron chi connectivity index (χ1n) is 7.49. The summed E-state index contributed by atoms with van der Waals surface area (Å²) in [5, 5.41) is 0. The third kappa shape index (κ3) is 4.89. The summed E-state index contributed by atoms with van der Waals surface area (Å²) in [4.78, 5) is 11.5. The maximum atomic E-state index is 14.2. The molecule has 1 aliphatic heterocycles. The van der Waals surface area contributed by atoms with Gasteiger partial charge in [-0.1, -0.05) is 0 Å². The lowest BCUT2D eigenvalue weighted by molar-refractivity contribution is -0.189. The fourth-order valence-electron chi connectivity index (χ4n) is 2.23. The van der Waals surface area contributed by atoms with Crippen LogP contribution in [0.1, 0.15) is 36.5 Å². The topological polar surface area (TPSA) is 54.0 Å². The highest BCUT2D eigenvalue weighted by Crippen LogP contribution is 2.29. The molecule has 0 aliphatic carbocycles. The monoisotopic (exact) mass is 390 g/mol. The van der Waals surface area contributed by atoms with Gasteiger partial charge in [-0.05, 0) is 54.2 Å². The standard InChI is InChI=1S/C16H20BrFO5/c1-10(23-13-5-3-4-8-21-13)9-22-12-7-6-11(16(19)20-2)14(17)15(12)18/h6-7,10,13H,3-5,8-9H2,1-2H3. The van der Waals surface area contributed by atoms with Crippen LogP contribution in [-0.4, -0.2) is 38.7 Å². The number of halogens is 2.